The van der Waals surface area contributed by atoms with Gasteiger partial charge in [0, 0.05) is 47.0 Å². The minimum absolute atomic E-state index is 0. The number of hydrogen-bond donors (Lipinski definition) is 0. The van der Waals surface area contributed by atoms with Crippen molar-refractivity contribution in [2.24, 2.45) is 0 Å². The third-order valence-corrected chi connectivity index (χ3v) is 5.78. The third-order valence-electron chi connectivity index (χ3n) is 4.50. The van der Waals surface area contributed by atoms with Gasteiger partial charge in [-0.15, -0.1) is 0 Å². The van der Waals surface area contributed by atoms with Crippen LogP contribution in [0.2, 0.25) is 0 Å². The first-order valence-electron chi connectivity index (χ1n) is 10.5. The predicted octanol–water partition coefficient (Wildman–Crippen LogP) is 7.76. The third kappa shape index (κ3) is 23.5. The van der Waals surface area contributed by atoms with Crippen molar-refractivity contribution in [1.29, 1.82) is 0 Å². The average molecular weight is 491 g/mol. The Hall–Kier alpha value is 1.54. The van der Waals surface area contributed by atoms with Crippen molar-refractivity contribution in [1.82, 2.24) is 0 Å². The summed E-state index contributed by atoms with van der Waals surface area (Å²) in [6.45, 7) is 5.22. The molecule has 24 heavy (non-hydrogen) atoms. The van der Waals surface area contributed by atoms with Crippen LogP contribution in [0.5, 0.6) is 0 Å². The smallest absolute Gasteiger partial charge is 0.191 e. The molecule has 0 fully saturated rings. The second-order valence-electron chi connectivity index (χ2n) is 6.92. The van der Waals surface area contributed by atoms with Crippen LogP contribution in [0, 0.1) is 40.8 Å². The largest absolute Gasteiger partial charge is 0.330 e. The van der Waals surface area contributed by atoms with Gasteiger partial charge in [0.15, 0.2) is 8.03 Å². The van der Waals surface area contributed by atoms with Crippen molar-refractivity contribution in [2.75, 3.05) is 12.8 Å². The van der Waals surface area contributed by atoms with Crippen LogP contribution in [0.25, 0.3) is 0 Å². The van der Waals surface area contributed by atoms with E-state index >= 15 is 0 Å². The van der Waals surface area contributed by atoms with Crippen LogP contribution in [0.15, 0.2) is 0 Å². The van der Waals surface area contributed by atoms with Crippen molar-refractivity contribution in [2.45, 2.75) is 117 Å². The van der Waals surface area contributed by atoms with Gasteiger partial charge in [-0.3, -0.25) is 4.57 Å². The summed E-state index contributed by atoms with van der Waals surface area (Å²) in [6, 6.07) is 0. The molecule has 0 bridgehead atoms. The van der Waals surface area contributed by atoms with Gasteiger partial charge in [0.2, 0.25) is 0 Å². The van der Waals surface area contributed by atoms with E-state index in [4.69, 9.17) is 4.52 Å². The van der Waals surface area contributed by atoms with E-state index in [1.807, 2.05) is 0 Å². The summed E-state index contributed by atoms with van der Waals surface area (Å²) in [4.78, 5) is 0. The van der Waals surface area contributed by atoms with E-state index in [9.17, 15) is 4.57 Å². The molecular formula is C20H43NdO2P. The minimum Gasteiger partial charge on any atom is -0.330 e. The Morgan fingerprint density at radius 3 is 1.42 bits per heavy atom. The molecule has 1 unspecified atom stereocenters. The second kappa shape index (κ2) is 24.5. The van der Waals surface area contributed by atoms with Crippen LogP contribution in [0.4, 0.5) is 0 Å². The molecule has 0 aromatic carbocycles. The summed E-state index contributed by atoms with van der Waals surface area (Å²) in [6.07, 6.45) is 21.7. The molecule has 0 heterocycles. The molecule has 1 atom stereocenters. The average Bonchev–Trinajstić information content (AvgIpc) is 2.56. The van der Waals surface area contributed by atoms with Crippen LogP contribution in [0.3, 0.4) is 0 Å². The van der Waals surface area contributed by atoms with Gasteiger partial charge < -0.3 is 4.52 Å². The van der Waals surface area contributed by atoms with Crippen LogP contribution < -0.4 is 0 Å². The fourth-order valence-electron chi connectivity index (χ4n) is 2.90. The quantitative estimate of drug-likeness (QED) is 0.137. The Balaban J connectivity index is 0. The molecule has 0 spiro atoms. The first kappa shape index (κ1) is 27.8. The molecule has 0 saturated heterocycles. The van der Waals surface area contributed by atoms with Gasteiger partial charge in [-0.2, -0.15) is 0 Å². The van der Waals surface area contributed by atoms with Crippen molar-refractivity contribution in [3.8, 4) is 0 Å². The van der Waals surface area contributed by atoms with Gasteiger partial charge in [0.25, 0.3) is 0 Å². The number of rotatable bonds is 19. The van der Waals surface area contributed by atoms with E-state index in [2.05, 4.69) is 13.8 Å². The molecule has 0 aromatic heterocycles. The summed E-state index contributed by atoms with van der Waals surface area (Å²) in [5.74, 6) is 0. The summed E-state index contributed by atoms with van der Waals surface area (Å²) >= 11 is 0. The normalized spacial score (nSPS) is 12.1. The zero-order valence-electron chi connectivity index (χ0n) is 16.5. The predicted molar refractivity (Wildman–Crippen MR) is 105 cm³/mol. The van der Waals surface area contributed by atoms with Gasteiger partial charge in [-0.1, -0.05) is 104 Å². The van der Waals surface area contributed by atoms with Gasteiger partial charge in [-0.25, -0.2) is 0 Å². The molecule has 0 rings (SSSR count). The first-order valence-corrected chi connectivity index (χ1v) is 12.0. The molecule has 144 valence electrons. The van der Waals surface area contributed by atoms with Gasteiger partial charge in [0.05, 0.1) is 6.61 Å². The maximum atomic E-state index is 11.8. The van der Waals surface area contributed by atoms with Crippen molar-refractivity contribution < 1.29 is 49.9 Å². The van der Waals surface area contributed by atoms with Crippen LogP contribution in [-0.4, -0.2) is 12.8 Å². The summed E-state index contributed by atoms with van der Waals surface area (Å²) in [5, 5.41) is 0. The van der Waals surface area contributed by atoms with E-state index in [0.29, 0.717) is 6.61 Å². The van der Waals surface area contributed by atoms with Crippen LogP contribution >= 0.6 is 8.03 Å². The fourth-order valence-corrected chi connectivity index (χ4v) is 3.95. The topological polar surface area (TPSA) is 26.3 Å². The SMILES string of the molecule is CCCCCCCCCCO[PH](=O)CCCCCCCCCC.[Nd]. The molecule has 0 saturated carbocycles. The molecule has 0 aliphatic carbocycles. The maximum Gasteiger partial charge on any atom is 0.191 e. The number of unbranched alkanes of at least 4 members (excludes halogenated alkanes) is 14. The minimum atomic E-state index is -1.74. The Morgan fingerprint density at radius 1 is 0.583 bits per heavy atom. The molecular weight excluding hydrogens is 447 g/mol. The molecule has 0 aliphatic rings. The van der Waals surface area contributed by atoms with E-state index < -0.39 is 8.03 Å². The molecule has 0 radical (unpaired) electrons. The second-order valence-corrected chi connectivity index (χ2v) is 8.45. The monoisotopic (exact) mass is 488 g/mol. The van der Waals surface area contributed by atoms with Crippen molar-refractivity contribution in [3.05, 3.63) is 0 Å². The molecule has 0 aromatic rings. The molecule has 0 amide bonds. The van der Waals surface area contributed by atoms with Crippen molar-refractivity contribution >= 4 is 8.03 Å². The Kier molecular flexibility index (Phi) is 28.4. The molecule has 0 N–H and O–H groups in total. The summed E-state index contributed by atoms with van der Waals surface area (Å²) in [7, 11) is -1.74. The van der Waals surface area contributed by atoms with E-state index in [1.165, 1.54) is 89.9 Å². The van der Waals surface area contributed by atoms with Gasteiger partial charge in [-0.05, 0) is 12.8 Å². The zero-order valence-corrected chi connectivity index (χ0v) is 20.8. The standard InChI is InChI=1S/C20H43O2P.Nd/c1-3-5-7-9-11-13-15-17-19-22-23(21)20-18-16-14-12-10-8-6-4-2;/h23H,3-20H2,1-2H3;. The van der Waals surface area contributed by atoms with Crippen LogP contribution in [0.1, 0.15) is 117 Å². The summed E-state index contributed by atoms with van der Waals surface area (Å²) < 4.78 is 17.3. The summed E-state index contributed by atoms with van der Waals surface area (Å²) in [5.41, 5.74) is 0. The van der Waals surface area contributed by atoms with Gasteiger partial charge in [0.1, 0.15) is 0 Å². The number of hydrogen-bond acceptors (Lipinski definition) is 2. The van der Waals surface area contributed by atoms with E-state index in [-0.39, 0.29) is 40.8 Å². The maximum absolute atomic E-state index is 11.8. The van der Waals surface area contributed by atoms with E-state index in [1.54, 1.807) is 0 Å². The molecule has 0 aliphatic heterocycles. The van der Waals surface area contributed by atoms with Crippen molar-refractivity contribution in [3.63, 3.8) is 0 Å². The first-order chi connectivity index (χ1) is 11.3. The Bertz CT molecular complexity index is 250. The molecule has 4 heteroatoms. The Labute approximate surface area is 186 Å². The van der Waals surface area contributed by atoms with E-state index in [0.717, 1.165) is 19.0 Å². The fraction of sp³-hybridized carbons (Fsp3) is 1.00. The molecule has 2 nitrogen and oxygen atoms in total. The van der Waals surface area contributed by atoms with Gasteiger partial charge >= 0.3 is 0 Å². The zero-order chi connectivity index (χ0) is 17.0. The Morgan fingerprint density at radius 2 is 0.958 bits per heavy atom. The van der Waals surface area contributed by atoms with Crippen LogP contribution in [-0.2, 0) is 9.09 Å².